The van der Waals surface area contributed by atoms with Gasteiger partial charge in [-0.1, -0.05) is 61.0 Å². The molecule has 2 atom stereocenters. The van der Waals surface area contributed by atoms with Crippen molar-refractivity contribution in [2.24, 2.45) is 0 Å². The van der Waals surface area contributed by atoms with Gasteiger partial charge in [-0.3, -0.25) is 9.59 Å². The smallest absolute Gasteiger partial charge is 0.295 e. The number of carbonyl (C=O) groups is 2. The number of β-amino-alcohol motifs (C(OH)–C–C–N with tert-alkyl or cyclic N) is 1. The lowest BCUT2D eigenvalue weighted by Crippen LogP contribution is -2.35. The predicted molar refractivity (Wildman–Crippen MR) is 108 cm³/mol. The molecular weight excluding hydrogens is 354 g/mol. The van der Waals surface area contributed by atoms with E-state index in [0.717, 1.165) is 23.1 Å². The molecule has 1 saturated heterocycles. The van der Waals surface area contributed by atoms with E-state index >= 15 is 0 Å². The predicted octanol–water partition coefficient (Wildman–Crippen LogP) is 3.36. The SMILES string of the molecule is CCc1ccc([C@H]2C(=C(O)c3ccc(C)cc3)C(=O)C(=O)N2C[C@H](C)O)cc1. The fourth-order valence-corrected chi connectivity index (χ4v) is 3.50. The molecule has 5 nitrogen and oxygen atoms in total. The molecule has 1 fully saturated rings. The Kier molecular flexibility index (Phi) is 5.66. The lowest BCUT2D eigenvalue weighted by molar-refractivity contribution is -0.140. The Morgan fingerprint density at radius 2 is 1.68 bits per heavy atom. The van der Waals surface area contributed by atoms with Crippen LogP contribution in [0.15, 0.2) is 54.1 Å². The van der Waals surface area contributed by atoms with Gasteiger partial charge in [0.2, 0.25) is 0 Å². The number of hydrogen-bond donors (Lipinski definition) is 2. The van der Waals surface area contributed by atoms with Crippen LogP contribution in [-0.4, -0.2) is 39.5 Å². The van der Waals surface area contributed by atoms with E-state index < -0.39 is 23.8 Å². The minimum absolute atomic E-state index is 0.00937. The largest absolute Gasteiger partial charge is 0.507 e. The van der Waals surface area contributed by atoms with Crippen LogP contribution in [0.25, 0.3) is 5.76 Å². The van der Waals surface area contributed by atoms with Crippen molar-refractivity contribution in [2.75, 3.05) is 6.54 Å². The van der Waals surface area contributed by atoms with Crippen LogP contribution < -0.4 is 0 Å². The van der Waals surface area contributed by atoms with Gasteiger partial charge in [-0.05, 0) is 31.4 Å². The van der Waals surface area contributed by atoms with Gasteiger partial charge in [-0.15, -0.1) is 0 Å². The van der Waals surface area contributed by atoms with E-state index in [-0.39, 0.29) is 17.9 Å². The summed E-state index contributed by atoms with van der Waals surface area (Å²) in [6, 6.07) is 14.0. The van der Waals surface area contributed by atoms with Crippen LogP contribution in [0.4, 0.5) is 0 Å². The number of benzene rings is 2. The first-order valence-electron chi connectivity index (χ1n) is 9.45. The van der Waals surface area contributed by atoms with Gasteiger partial charge in [-0.25, -0.2) is 0 Å². The first-order valence-corrected chi connectivity index (χ1v) is 9.45. The second-order valence-electron chi connectivity index (χ2n) is 7.26. The van der Waals surface area contributed by atoms with Crippen LogP contribution in [-0.2, 0) is 16.0 Å². The molecule has 0 saturated carbocycles. The van der Waals surface area contributed by atoms with Crippen LogP contribution in [0.1, 0.15) is 42.1 Å². The summed E-state index contributed by atoms with van der Waals surface area (Å²) in [6.07, 6.45) is 0.0763. The molecule has 2 aromatic rings. The van der Waals surface area contributed by atoms with Crippen molar-refractivity contribution in [1.82, 2.24) is 4.90 Å². The molecule has 2 N–H and O–H groups in total. The van der Waals surface area contributed by atoms with Crippen LogP contribution in [0.2, 0.25) is 0 Å². The summed E-state index contributed by atoms with van der Waals surface area (Å²) in [6.45, 7) is 5.55. The fraction of sp³-hybridized carbons (Fsp3) is 0.304. The molecule has 1 aliphatic rings. The Balaban J connectivity index is 2.16. The number of rotatable bonds is 5. The van der Waals surface area contributed by atoms with Crippen LogP contribution in [0, 0.1) is 6.92 Å². The van der Waals surface area contributed by atoms with Crippen molar-refractivity contribution in [3.05, 3.63) is 76.4 Å². The zero-order valence-corrected chi connectivity index (χ0v) is 16.3. The average molecular weight is 379 g/mol. The number of amides is 1. The molecule has 146 valence electrons. The van der Waals surface area contributed by atoms with Gasteiger partial charge in [-0.2, -0.15) is 0 Å². The molecule has 28 heavy (non-hydrogen) atoms. The highest BCUT2D eigenvalue weighted by molar-refractivity contribution is 6.46. The van der Waals surface area contributed by atoms with E-state index in [4.69, 9.17) is 0 Å². The van der Waals surface area contributed by atoms with E-state index in [1.807, 2.05) is 50.2 Å². The van der Waals surface area contributed by atoms with Crippen LogP contribution in [0.5, 0.6) is 0 Å². The molecule has 0 spiro atoms. The Labute approximate surface area is 164 Å². The first-order chi connectivity index (χ1) is 13.3. The highest BCUT2D eigenvalue weighted by Gasteiger charge is 2.46. The Morgan fingerprint density at radius 1 is 1.07 bits per heavy atom. The number of hydrogen-bond acceptors (Lipinski definition) is 4. The molecule has 3 rings (SSSR count). The number of nitrogens with zero attached hydrogens (tertiary/aromatic N) is 1. The van der Waals surface area contributed by atoms with E-state index in [9.17, 15) is 19.8 Å². The second-order valence-corrected chi connectivity index (χ2v) is 7.26. The zero-order valence-electron chi connectivity index (χ0n) is 16.3. The van der Waals surface area contributed by atoms with E-state index in [1.165, 1.54) is 4.90 Å². The lowest BCUT2D eigenvalue weighted by Gasteiger charge is -2.26. The molecule has 1 heterocycles. The zero-order chi connectivity index (χ0) is 20.4. The normalized spacial score (nSPS) is 19.9. The summed E-state index contributed by atoms with van der Waals surface area (Å²) in [5.74, 6) is -1.64. The third-order valence-electron chi connectivity index (χ3n) is 5.03. The molecule has 0 unspecified atom stereocenters. The first kappa shape index (κ1) is 19.8. The lowest BCUT2D eigenvalue weighted by atomic mass is 9.94. The number of carbonyl (C=O) groups excluding carboxylic acids is 2. The van der Waals surface area contributed by atoms with E-state index in [0.29, 0.717) is 5.56 Å². The average Bonchev–Trinajstić information content (AvgIpc) is 2.92. The molecule has 0 aromatic heterocycles. The summed E-state index contributed by atoms with van der Waals surface area (Å²) < 4.78 is 0. The van der Waals surface area contributed by atoms with Crippen LogP contribution >= 0.6 is 0 Å². The van der Waals surface area contributed by atoms with Gasteiger partial charge < -0.3 is 15.1 Å². The summed E-state index contributed by atoms with van der Waals surface area (Å²) >= 11 is 0. The molecule has 0 radical (unpaired) electrons. The number of aliphatic hydroxyl groups excluding tert-OH is 2. The van der Waals surface area contributed by atoms with Crippen molar-refractivity contribution < 1.29 is 19.8 Å². The standard InChI is InChI=1S/C23H25NO4/c1-4-16-7-11-17(12-8-16)20-19(21(26)18-9-5-14(2)6-10-18)22(27)23(28)24(20)13-15(3)25/h5-12,15,20,25-26H,4,13H2,1-3H3/t15-,20-/m0/s1. The van der Waals surface area contributed by atoms with Crippen molar-refractivity contribution in [2.45, 2.75) is 39.3 Å². The minimum Gasteiger partial charge on any atom is -0.507 e. The Morgan fingerprint density at radius 3 is 2.21 bits per heavy atom. The van der Waals surface area contributed by atoms with E-state index in [2.05, 4.69) is 0 Å². The summed E-state index contributed by atoms with van der Waals surface area (Å²) in [7, 11) is 0. The topological polar surface area (TPSA) is 77.8 Å². The second kappa shape index (κ2) is 7.98. The number of likely N-dealkylation sites (tertiary alicyclic amines) is 1. The molecule has 1 amide bonds. The van der Waals surface area contributed by atoms with Gasteiger partial charge >= 0.3 is 0 Å². The highest BCUT2D eigenvalue weighted by Crippen LogP contribution is 2.39. The highest BCUT2D eigenvalue weighted by atomic mass is 16.3. The monoisotopic (exact) mass is 379 g/mol. The quantitative estimate of drug-likeness (QED) is 0.474. The van der Waals surface area contributed by atoms with Gasteiger partial charge in [0.25, 0.3) is 11.7 Å². The van der Waals surface area contributed by atoms with Gasteiger partial charge in [0.15, 0.2) is 0 Å². The number of ketones is 1. The maximum Gasteiger partial charge on any atom is 0.295 e. The summed E-state index contributed by atoms with van der Waals surface area (Å²) in [5.41, 5.74) is 3.42. The number of aliphatic hydroxyl groups is 2. The summed E-state index contributed by atoms with van der Waals surface area (Å²) in [5, 5.41) is 20.8. The molecule has 0 aliphatic carbocycles. The molecule has 0 bridgehead atoms. The summed E-state index contributed by atoms with van der Waals surface area (Å²) in [4.78, 5) is 26.8. The Hall–Kier alpha value is -2.92. The van der Waals surface area contributed by atoms with Crippen molar-refractivity contribution in [3.63, 3.8) is 0 Å². The van der Waals surface area contributed by atoms with Gasteiger partial charge in [0.1, 0.15) is 5.76 Å². The third-order valence-corrected chi connectivity index (χ3v) is 5.03. The van der Waals surface area contributed by atoms with Crippen LogP contribution in [0.3, 0.4) is 0 Å². The Bertz CT molecular complexity index is 911. The van der Waals surface area contributed by atoms with E-state index in [1.54, 1.807) is 19.1 Å². The molecular formula is C23H25NO4. The van der Waals surface area contributed by atoms with Gasteiger partial charge in [0, 0.05) is 12.1 Å². The fourth-order valence-electron chi connectivity index (χ4n) is 3.50. The maximum atomic E-state index is 12.8. The maximum absolute atomic E-state index is 12.8. The van der Waals surface area contributed by atoms with Crippen molar-refractivity contribution in [1.29, 1.82) is 0 Å². The molecule has 1 aliphatic heterocycles. The van der Waals surface area contributed by atoms with Crippen molar-refractivity contribution >= 4 is 17.4 Å². The minimum atomic E-state index is -0.796. The number of Topliss-reactive ketones (excluding diaryl/α,β-unsaturated/α-hetero) is 1. The van der Waals surface area contributed by atoms with Crippen molar-refractivity contribution in [3.8, 4) is 0 Å². The molecule has 5 heteroatoms. The number of aryl methyl sites for hydroxylation is 2. The van der Waals surface area contributed by atoms with Gasteiger partial charge in [0.05, 0.1) is 17.7 Å². The third kappa shape index (κ3) is 3.71. The molecule has 2 aromatic carbocycles.